The molecule has 0 fully saturated rings. The minimum absolute atomic E-state index is 0.319. The molecule has 1 N–H and O–H groups in total. The third-order valence-electron chi connectivity index (χ3n) is 2.54. The Labute approximate surface area is 132 Å². The topological polar surface area (TPSA) is 20.2 Å². The zero-order valence-electron chi connectivity index (χ0n) is 9.82. The largest absolute Gasteiger partial charge is 0.387 e. The number of aliphatic hydroxyl groups is 1. The van der Waals surface area contributed by atoms with E-state index >= 15 is 0 Å². The van der Waals surface area contributed by atoms with Crippen molar-refractivity contribution in [2.45, 2.75) is 11.0 Å². The molecule has 1 nitrogen and oxygen atoms in total. The molecule has 1 unspecified atom stereocenters. The van der Waals surface area contributed by atoms with Crippen molar-refractivity contribution in [3.63, 3.8) is 0 Å². The van der Waals surface area contributed by atoms with Gasteiger partial charge in [-0.3, -0.25) is 0 Å². The number of halogens is 3. The number of aliphatic hydroxyl groups excluding tert-OH is 1. The van der Waals surface area contributed by atoms with Crippen LogP contribution in [0.5, 0.6) is 0 Å². The van der Waals surface area contributed by atoms with Crippen LogP contribution < -0.4 is 0 Å². The summed E-state index contributed by atoms with van der Waals surface area (Å²) in [6.07, 6.45) is -0.828. The number of hydrogen-bond donors (Lipinski definition) is 1. The maximum Gasteiger partial charge on any atom is 0.129 e. The molecular formula is C14H11Br2FOS. The summed E-state index contributed by atoms with van der Waals surface area (Å²) in [5.74, 6) is 0.0294. The molecule has 0 bridgehead atoms. The molecule has 2 aromatic carbocycles. The van der Waals surface area contributed by atoms with Crippen LogP contribution in [0.25, 0.3) is 0 Å². The standard InChI is InChI=1S/C14H11Br2FOS/c15-9-1-4-11(5-2-9)19-8-14(18)12-7-10(16)3-6-13(12)17/h1-7,14,18H,8H2. The third kappa shape index (κ3) is 4.31. The lowest BCUT2D eigenvalue weighted by atomic mass is 10.1. The van der Waals surface area contributed by atoms with E-state index < -0.39 is 6.10 Å². The van der Waals surface area contributed by atoms with Crippen molar-refractivity contribution >= 4 is 43.6 Å². The van der Waals surface area contributed by atoms with E-state index in [1.165, 1.54) is 17.8 Å². The van der Waals surface area contributed by atoms with Gasteiger partial charge in [0.1, 0.15) is 5.82 Å². The number of hydrogen-bond acceptors (Lipinski definition) is 2. The summed E-state index contributed by atoms with van der Waals surface area (Å²) < 4.78 is 15.4. The Morgan fingerprint density at radius 2 is 1.68 bits per heavy atom. The normalized spacial score (nSPS) is 12.4. The maximum absolute atomic E-state index is 13.6. The fourth-order valence-electron chi connectivity index (χ4n) is 1.57. The molecule has 0 spiro atoms. The van der Waals surface area contributed by atoms with Gasteiger partial charge in [-0.05, 0) is 42.5 Å². The van der Waals surface area contributed by atoms with Crippen molar-refractivity contribution in [3.8, 4) is 0 Å². The van der Waals surface area contributed by atoms with E-state index in [0.717, 1.165) is 13.8 Å². The Balaban J connectivity index is 2.03. The molecule has 2 aromatic rings. The number of thioether (sulfide) groups is 1. The van der Waals surface area contributed by atoms with Crippen molar-refractivity contribution in [1.82, 2.24) is 0 Å². The van der Waals surface area contributed by atoms with Gasteiger partial charge in [0, 0.05) is 25.2 Å². The molecule has 0 aliphatic rings. The van der Waals surface area contributed by atoms with E-state index in [1.54, 1.807) is 12.1 Å². The molecule has 0 saturated carbocycles. The third-order valence-corrected chi connectivity index (χ3v) is 4.65. The summed E-state index contributed by atoms with van der Waals surface area (Å²) in [5, 5.41) is 10.1. The Morgan fingerprint density at radius 1 is 1.05 bits per heavy atom. The van der Waals surface area contributed by atoms with Crippen molar-refractivity contribution in [2.24, 2.45) is 0 Å². The lowest BCUT2D eigenvalue weighted by Crippen LogP contribution is -2.03. The van der Waals surface area contributed by atoms with Gasteiger partial charge in [-0.1, -0.05) is 31.9 Å². The van der Waals surface area contributed by atoms with Crippen LogP contribution in [-0.4, -0.2) is 10.9 Å². The fourth-order valence-corrected chi connectivity index (χ4v) is 3.07. The average molecular weight is 406 g/mol. The van der Waals surface area contributed by atoms with Gasteiger partial charge in [-0.25, -0.2) is 4.39 Å². The predicted molar refractivity (Wildman–Crippen MR) is 83.9 cm³/mol. The van der Waals surface area contributed by atoms with Gasteiger partial charge >= 0.3 is 0 Å². The molecular weight excluding hydrogens is 395 g/mol. The Bertz CT molecular complexity index is 560. The van der Waals surface area contributed by atoms with E-state index in [2.05, 4.69) is 31.9 Å². The Hall–Kier alpha value is -0.360. The second-order valence-electron chi connectivity index (χ2n) is 3.95. The molecule has 0 aromatic heterocycles. The van der Waals surface area contributed by atoms with Gasteiger partial charge in [-0.2, -0.15) is 0 Å². The summed E-state index contributed by atoms with van der Waals surface area (Å²) >= 11 is 8.14. The molecule has 5 heteroatoms. The minimum atomic E-state index is -0.828. The van der Waals surface area contributed by atoms with E-state index in [1.807, 2.05) is 24.3 Å². The van der Waals surface area contributed by atoms with Crippen molar-refractivity contribution < 1.29 is 9.50 Å². The van der Waals surface area contributed by atoms with Crippen molar-refractivity contribution in [3.05, 3.63) is 62.8 Å². The SMILES string of the molecule is OC(CSc1ccc(Br)cc1)c1cc(Br)ccc1F. The smallest absolute Gasteiger partial charge is 0.129 e. The number of rotatable bonds is 4. The van der Waals surface area contributed by atoms with E-state index in [9.17, 15) is 9.50 Å². The van der Waals surface area contributed by atoms with Crippen LogP contribution in [0.15, 0.2) is 56.3 Å². The van der Waals surface area contributed by atoms with Crippen LogP contribution in [0, 0.1) is 5.82 Å². The second-order valence-corrected chi connectivity index (χ2v) is 6.87. The number of benzene rings is 2. The molecule has 0 amide bonds. The zero-order valence-corrected chi connectivity index (χ0v) is 13.8. The van der Waals surface area contributed by atoms with E-state index in [-0.39, 0.29) is 5.82 Å². The molecule has 19 heavy (non-hydrogen) atoms. The molecule has 100 valence electrons. The highest BCUT2D eigenvalue weighted by molar-refractivity contribution is 9.10. The van der Waals surface area contributed by atoms with E-state index in [0.29, 0.717) is 11.3 Å². The maximum atomic E-state index is 13.6. The van der Waals surface area contributed by atoms with Crippen LogP contribution in [0.2, 0.25) is 0 Å². The van der Waals surface area contributed by atoms with Gasteiger partial charge in [0.05, 0.1) is 6.10 Å². The van der Waals surface area contributed by atoms with Gasteiger partial charge in [0.15, 0.2) is 0 Å². The van der Waals surface area contributed by atoms with Gasteiger partial charge < -0.3 is 5.11 Å². The van der Waals surface area contributed by atoms with Gasteiger partial charge in [0.25, 0.3) is 0 Å². The molecule has 0 aliphatic heterocycles. The van der Waals surface area contributed by atoms with Gasteiger partial charge in [-0.15, -0.1) is 11.8 Å². The first-order valence-electron chi connectivity index (χ1n) is 5.57. The lowest BCUT2D eigenvalue weighted by molar-refractivity contribution is 0.199. The first-order valence-corrected chi connectivity index (χ1v) is 8.15. The highest BCUT2D eigenvalue weighted by atomic mass is 79.9. The summed E-state index contributed by atoms with van der Waals surface area (Å²) in [4.78, 5) is 1.04. The molecule has 0 aliphatic carbocycles. The second kappa shape index (κ2) is 6.88. The zero-order chi connectivity index (χ0) is 13.8. The summed E-state index contributed by atoms with van der Waals surface area (Å²) in [6, 6.07) is 12.4. The highest BCUT2D eigenvalue weighted by Crippen LogP contribution is 2.28. The summed E-state index contributed by atoms with van der Waals surface area (Å²) in [7, 11) is 0. The summed E-state index contributed by atoms with van der Waals surface area (Å²) in [6.45, 7) is 0. The van der Waals surface area contributed by atoms with Gasteiger partial charge in [0.2, 0.25) is 0 Å². The highest BCUT2D eigenvalue weighted by Gasteiger charge is 2.13. The van der Waals surface area contributed by atoms with Crippen molar-refractivity contribution in [1.29, 1.82) is 0 Å². The molecule has 2 rings (SSSR count). The van der Waals surface area contributed by atoms with Crippen LogP contribution in [-0.2, 0) is 0 Å². The van der Waals surface area contributed by atoms with E-state index in [4.69, 9.17) is 0 Å². The summed E-state index contributed by atoms with van der Waals surface area (Å²) in [5.41, 5.74) is 0.319. The molecule has 1 atom stereocenters. The van der Waals surface area contributed by atoms with Crippen LogP contribution in [0.4, 0.5) is 4.39 Å². The monoisotopic (exact) mass is 404 g/mol. The fraction of sp³-hybridized carbons (Fsp3) is 0.143. The molecule has 0 radical (unpaired) electrons. The molecule has 0 saturated heterocycles. The van der Waals surface area contributed by atoms with Crippen LogP contribution >= 0.6 is 43.6 Å². The van der Waals surface area contributed by atoms with Crippen molar-refractivity contribution in [2.75, 3.05) is 5.75 Å². The van der Waals surface area contributed by atoms with Crippen LogP contribution in [0.1, 0.15) is 11.7 Å². The minimum Gasteiger partial charge on any atom is -0.387 e. The molecule has 0 heterocycles. The Kier molecular flexibility index (Phi) is 5.45. The Morgan fingerprint density at radius 3 is 2.37 bits per heavy atom. The quantitative estimate of drug-likeness (QED) is 0.707. The predicted octanol–water partition coefficient (Wildman–Crippen LogP) is 5.18. The first kappa shape index (κ1) is 15.0. The first-order chi connectivity index (χ1) is 9.06. The van der Waals surface area contributed by atoms with Crippen LogP contribution in [0.3, 0.4) is 0 Å². The lowest BCUT2D eigenvalue weighted by Gasteiger charge is -2.12. The average Bonchev–Trinajstić information content (AvgIpc) is 2.40.